The first-order chi connectivity index (χ1) is 14.6. The Balaban J connectivity index is 0.000000500. The lowest BCUT2D eigenvalue weighted by Crippen LogP contribution is -2.33. The Kier molecular flexibility index (Phi) is 11.5. The maximum atomic E-state index is 11.8. The number of carbonyl (C=O) groups is 3. The molecule has 31 heavy (non-hydrogen) atoms. The maximum Gasteiger partial charge on any atom is 0.407 e. The largest absolute Gasteiger partial charge is 0.444 e. The van der Waals surface area contributed by atoms with Crippen LogP contribution >= 0.6 is 0 Å². The number of aromatic nitrogens is 2. The van der Waals surface area contributed by atoms with Gasteiger partial charge in [-0.05, 0) is 46.5 Å². The Morgan fingerprint density at radius 2 is 1.87 bits per heavy atom. The molecule has 0 atom stereocenters. The number of ketones is 1. The van der Waals surface area contributed by atoms with Crippen molar-refractivity contribution in [1.82, 2.24) is 14.9 Å². The fourth-order valence-electron chi connectivity index (χ4n) is 3.09. The van der Waals surface area contributed by atoms with E-state index in [0.717, 1.165) is 32.1 Å². The van der Waals surface area contributed by atoms with Crippen molar-refractivity contribution in [2.45, 2.75) is 84.3 Å². The number of nitrogens with two attached hydrogens (primary N) is 1. The van der Waals surface area contributed by atoms with Gasteiger partial charge in [0.05, 0.1) is 12.9 Å². The van der Waals surface area contributed by atoms with Gasteiger partial charge in [-0.2, -0.15) is 4.98 Å². The minimum absolute atomic E-state index is 0.0931. The molecule has 1 heterocycles. The first kappa shape index (κ1) is 26.3. The number of hydrogen-bond donors (Lipinski definition) is 2. The normalized spacial score (nSPS) is 13.8. The van der Waals surface area contributed by atoms with Crippen LogP contribution in [0.1, 0.15) is 72.1 Å². The zero-order valence-electron chi connectivity index (χ0n) is 18.9. The van der Waals surface area contributed by atoms with E-state index in [1.165, 1.54) is 25.2 Å². The van der Waals surface area contributed by atoms with Gasteiger partial charge >= 0.3 is 6.09 Å². The number of alkyl carbamates (subject to hydrolysis) is 1. The minimum atomic E-state index is -0.493. The third-order valence-electron chi connectivity index (χ3n) is 4.66. The highest BCUT2D eigenvalue weighted by atomic mass is 16.6. The molecule has 2 rings (SSSR count). The van der Waals surface area contributed by atoms with Crippen LogP contribution < -0.4 is 16.6 Å². The van der Waals surface area contributed by atoms with E-state index in [2.05, 4.69) is 10.3 Å². The molecular formula is C22H36N4O5. The zero-order chi connectivity index (χ0) is 23.3. The van der Waals surface area contributed by atoms with Gasteiger partial charge in [0, 0.05) is 31.1 Å². The van der Waals surface area contributed by atoms with Gasteiger partial charge < -0.3 is 20.4 Å². The van der Waals surface area contributed by atoms with Crippen molar-refractivity contribution < 1.29 is 19.1 Å². The number of nitrogens with zero attached hydrogens (tertiary/aromatic N) is 2. The molecule has 1 aliphatic rings. The highest BCUT2D eigenvalue weighted by Crippen LogP contribution is 2.23. The zero-order valence-corrected chi connectivity index (χ0v) is 18.9. The minimum Gasteiger partial charge on any atom is -0.444 e. The molecule has 0 radical (unpaired) electrons. The maximum absolute atomic E-state index is 11.8. The number of rotatable bonds is 9. The lowest BCUT2D eigenvalue weighted by molar-refractivity contribution is -0.121. The van der Waals surface area contributed by atoms with Crippen molar-refractivity contribution in [3.05, 3.63) is 28.9 Å². The van der Waals surface area contributed by atoms with E-state index in [1.54, 1.807) is 10.8 Å². The Morgan fingerprint density at radius 1 is 1.19 bits per heavy atom. The first-order valence-corrected chi connectivity index (χ1v) is 10.9. The molecule has 0 bridgehead atoms. The Hall–Kier alpha value is -2.71. The van der Waals surface area contributed by atoms with Crippen LogP contribution in [-0.2, 0) is 20.9 Å². The summed E-state index contributed by atoms with van der Waals surface area (Å²) in [4.78, 5) is 48.1. The fourth-order valence-corrected chi connectivity index (χ4v) is 3.09. The number of hydrogen-bond acceptors (Lipinski definition) is 6. The molecule has 1 saturated carbocycles. The van der Waals surface area contributed by atoms with Crippen LogP contribution in [0.15, 0.2) is 23.4 Å². The van der Waals surface area contributed by atoms with E-state index in [4.69, 9.17) is 10.5 Å². The second kappa shape index (κ2) is 13.6. The molecule has 174 valence electrons. The highest BCUT2D eigenvalue weighted by molar-refractivity contribution is 5.78. The van der Waals surface area contributed by atoms with Crippen molar-refractivity contribution in [2.75, 3.05) is 6.54 Å². The second-order valence-electron chi connectivity index (χ2n) is 8.73. The van der Waals surface area contributed by atoms with Crippen LogP contribution in [-0.4, -0.2) is 39.5 Å². The number of carbonyl (C=O) groups excluding carboxylic acids is 3. The molecule has 2 amide bonds. The number of Topliss-reactive ketones (excluding diaryl/α,β-unsaturated/α-hetero) is 1. The number of unbranched alkanes of at least 4 members (excludes halogenated alkanes) is 2. The second-order valence-corrected chi connectivity index (χ2v) is 8.73. The average molecular weight is 437 g/mol. The summed E-state index contributed by atoms with van der Waals surface area (Å²) in [6.45, 7) is 6.21. The van der Waals surface area contributed by atoms with E-state index in [9.17, 15) is 19.2 Å². The molecular weight excluding hydrogens is 400 g/mol. The predicted octanol–water partition coefficient (Wildman–Crippen LogP) is 2.56. The van der Waals surface area contributed by atoms with Gasteiger partial charge in [-0.1, -0.05) is 19.3 Å². The third kappa shape index (κ3) is 13.3. The van der Waals surface area contributed by atoms with Gasteiger partial charge in [-0.3, -0.25) is 14.4 Å². The molecule has 1 fully saturated rings. The molecule has 0 aliphatic heterocycles. The summed E-state index contributed by atoms with van der Waals surface area (Å²) in [6, 6.07) is 1.33. The average Bonchev–Trinajstić information content (AvgIpc) is 3.21. The number of nitrogens with one attached hydrogen (secondary N) is 1. The van der Waals surface area contributed by atoms with Crippen molar-refractivity contribution >= 4 is 17.8 Å². The van der Waals surface area contributed by atoms with Crippen molar-refractivity contribution in [1.29, 1.82) is 0 Å². The molecule has 0 unspecified atom stereocenters. The summed E-state index contributed by atoms with van der Waals surface area (Å²) in [5.74, 6) is 0.188. The van der Waals surface area contributed by atoms with Gasteiger partial charge in [-0.15, -0.1) is 0 Å². The molecule has 0 spiro atoms. The first-order valence-electron chi connectivity index (χ1n) is 10.9. The summed E-state index contributed by atoms with van der Waals surface area (Å²) in [7, 11) is 0. The van der Waals surface area contributed by atoms with Crippen LogP contribution in [0.25, 0.3) is 0 Å². The highest BCUT2D eigenvalue weighted by Gasteiger charge is 2.19. The number of amides is 2. The van der Waals surface area contributed by atoms with Gasteiger partial charge in [0.25, 0.3) is 5.56 Å². The molecule has 0 aromatic carbocycles. The van der Waals surface area contributed by atoms with Gasteiger partial charge in [-0.25, -0.2) is 4.79 Å². The summed E-state index contributed by atoms with van der Waals surface area (Å²) >= 11 is 0. The summed E-state index contributed by atoms with van der Waals surface area (Å²) in [5.41, 5.74) is 4.25. The summed E-state index contributed by atoms with van der Waals surface area (Å²) < 4.78 is 6.71. The lowest BCUT2D eigenvalue weighted by Gasteiger charge is -2.19. The molecule has 3 N–H and O–H groups in total. The molecule has 1 aromatic rings. The summed E-state index contributed by atoms with van der Waals surface area (Å²) in [5, 5.41) is 2.68. The van der Waals surface area contributed by atoms with E-state index in [-0.39, 0.29) is 29.7 Å². The Morgan fingerprint density at radius 3 is 2.39 bits per heavy atom. The van der Waals surface area contributed by atoms with Crippen LogP contribution in [0, 0.1) is 5.92 Å². The van der Waals surface area contributed by atoms with Crippen LogP contribution in [0.4, 0.5) is 4.79 Å². The molecule has 9 nitrogen and oxygen atoms in total. The van der Waals surface area contributed by atoms with Gasteiger partial charge in [0.15, 0.2) is 5.78 Å². The third-order valence-corrected chi connectivity index (χ3v) is 4.66. The predicted molar refractivity (Wildman–Crippen MR) is 117 cm³/mol. The lowest BCUT2D eigenvalue weighted by atomic mass is 10.1. The number of primary amides is 1. The van der Waals surface area contributed by atoms with Crippen molar-refractivity contribution in [3.63, 3.8) is 0 Å². The van der Waals surface area contributed by atoms with Crippen LogP contribution in [0.5, 0.6) is 0 Å². The van der Waals surface area contributed by atoms with Gasteiger partial charge in [0.1, 0.15) is 5.60 Å². The monoisotopic (exact) mass is 436 g/mol. The smallest absolute Gasteiger partial charge is 0.407 e. The summed E-state index contributed by atoms with van der Waals surface area (Å²) in [6.07, 6.45) is 9.81. The molecule has 9 heteroatoms. The molecule has 1 aromatic heterocycles. The standard InChI is InChI=1S/C16H25N3O4.C6H11NO/c1-16(2,3)23-15(22)17-9-6-4-5-7-13(20)11-19-10-8-14(21)18-12-19;7-6(8)5-3-1-2-4-5/h8,10,12H,4-7,9,11H2,1-3H3,(H,17,22);5H,1-4H2,(H2,7,8). The van der Waals surface area contributed by atoms with Crippen molar-refractivity contribution in [2.24, 2.45) is 11.7 Å². The SMILES string of the molecule is CC(C)(C)OC(=O)NCCCCCC(=O)Cn1ccc(=O)nc1.NC(=O)C1CCCC1. The van der Waals surface area contributed by atoms with Gasteiger partial charge in [0.2, 0.25) is 5.91 Å². The van der Waals surface area contributed by atoms with E-state index >= 15 is 0 Å². The van der Waals surface area contributed by atoms with Crippen LogP contribution in [0.2, 0.25) is 0 Å². The molecule has 0 saturated heterocycles. The fraction of sp³-hybridized carbons (Fsp3) is 0.682. The topological polar surface area (TPSA) is 133 Å². The number of ether oxygens (including phenoxy) is 1. The molecule has 1 aliphatic carbocycles. The van der Waals surface area contributed by atoms with E-state index in [1.807, 2.05) is 20.8 Å². The van der Waals surface area contributed by atoms with E-state index < -0.39 is 11.7 Å². The quantitative estimate of drug-likeness (QED) is 0.572. The Labute approximate surface area is 183 Å². The van der Waals surface area contributed by atoms with Crippen LogP contribution in [0.3, 0.4) is 0 Å². The Bertz CT molecular complexity index is 743. The van der Waals surface area contributed by atoms with E-state index in [0.29, 0.717) is 13.0 Å². The van der Waals surface area contributed by atoms with Crippen molar-refractivity contribution in [3.8, 4) is 0 Å².